The maximum atomic E-state index is 12.7. The van der Waals surface area contributed by atoms with Crippen molar-refractivity contribution in [1.29, 1.82) is 5.26 Å². The molecule has 27 heavy (non-hydrogen) atoms. The maximum absolute atomic E-state index is 12.7. The molecule has 1 aliphatic rings. The molecule has 1 aromatic carbocycles. The van der Waals surface area contributed by atoms with E-state index in [1.807, 2.05) is 36.3 Å². The lowest BCUT2D eigenvalue weighted by molar-refractivity contribution is -0.130. The van der Waals surface area contributed by atoms with Gasteiger partial charge in [0.2, 0.25) is 5.91 Å². The molecule has 0 saturated carbocycles. The molecule has 1 aliphatic heterocycles. The summed E-state index contributed by atoms with van der Waals surface area (Å²) in [6.07, 6.45) is 4.69. The predicted octanol–water partition coefficient (Wildman–Crippen LogP) is 2.11. The third kappa shape index (κ3) is 3.34. The Labute approximate surface area is 157 Å². The van der Waals surface area contributed by atoms with Gasteiger partial charge in [-0.25, -0.2) is 9.97 Å². The highest BCUT2D eigenvalue weighted by atomic mass is 16.2. The molecule has 3 heterocycles. The van der Waals surface area contributed by atoms with Crippen LogP contribution in [0.15, 0.2) is 42.9 Å². The zero-order valence-electron chi connectivity index (χ0n) is 15.1. The van der Waals surface area contributed by atoms with E-state index in [1.165, 1.54) is 0 Å². The van der Waals surface area contributed by atoms with Crippen molar-refractivity contribution in [3.05, 3.63) is 54.0 Å². The van der Waals surface area contributed by atoms with Crippen LogP contribution in [0.3, 0.4) is 0 Å². The number of carbonyl (C=O) groups excluding carboxylic acids is 1. The molecule has 0 aliphatic carbocycles. The first-order chi connectivity index (χ1) is 13.2. The molecule has 1 fully saturated rings. The number of H-pyrrole nitrogens is 1. The monoisotopic (exact) mass is 360 g/mol. The number of nitriles is 1. The summed E-state index contributed by atoms with van der Waals surface area (Å²) in [7, 11) is 1.87. The number of likely N-dealkylation sites (N-methyl/N-ethyl adjacent to an activating group) is 1. The van der Waals surface area contributed by atoms with Crippen LogP contribution in [-0.2, 0) is 11.2 Å². The topological polar surface area (TPSA) is 88.9 Å². The van der Waals surface area contributed by atoms with Gasteiger partial charge in [-0.2, -0.15) is 5.26 Å². The highest BCUT2D eigenvalue weighted by Crippen LogP contribution is 2.27. The number of aromatic nitrogens is 3. The molecule has 0 spiro atoms. The quantitative estimate of drug-likeness (QED) is 0.770. The van der Waals surface area contributed by atoms with Gasteiger partial charge in [0.05, 0.1) is 29.5 Å². The van der Waals surface area contributed by atoms with Crippen molar-refractivity contribution >= 4 is 22.8 Å². The molecule has 2 aromatic heterocycles. The zero-order chi connectivity index (χ0) is 18.8. The summed E-state index contributed by atoms with van der Waals surface area (Å²) >= 11 is 0. The van der Waals surface area contributed by atoms with E-state index in [1.54, 1.807) is 18.5 Å². The lowest BCUT2D eigenvalue weighted by Crippen LogP contribution is -2.40. The van der Waals surface area contributed by atoms with Crippen molar-refractivity contribution in [3.8, 4) is 6.07 Å². The van der Waals surface area contributed by atoms with Crippen LogP contribution in [-0.4, -0.2) is 51.9 Å². The molecular weight excluding hydrogens is 340 g/mol. The molecule has 0 radical (unpaired) electrons. The van der Waals surface area contributed by atoms with Gasteiger partial charge in [-0.3, -0.25) is 4.79 Å². The Hall–Kier alpha value is -3.40. The Morgan fingerprint density at radius 2 is 2.15 bits per heavy atom. The molecule has 1 atom stereocenters. The molecule has 7 heteroatoms. The fourth-order valence-electron chi connectivity index (χ4n) is 3.56. The van der Waals surface area contributed by atoms with Crippen molar-refractivity contribution in [2.75, 3.05) is 25.0 Å². The Morgan fingerprint density at radius 3 is 2.93 bits per heavy atom. The molecule has 136 valence electrons. The summed E-state index contributed by atoms with van der Waals surface area (Å²) in [6, 6.07) is 11.4. The van der Waals surface area contributed by atoms with E-state index >= 15 is 0 Å². The van der Waals surface area contributed by atoms with E-state index in [0.29, 0.717) is 12.0 Å². The van der Waals surface area contributed by atoms with E-state index in [0.717, 1.165) is 41.9 Å². The van der Waals surface area contributed by atoms with Crippen molar-refractivity contribution in [2.24, 2.45) is 0 Å². The normalized spacial score (nSPS) is 16.4. The Balaban J connectivity index is 1.42. The average molecular weight is 360 g/mol. The minimum atomic E-state index is 0.0843. The van der Waals surface area contributed by atoms with Gasteiger partial charge in [-0.1, -0.05) is 12.1 Å². The molecule has 4 rings (SSSR count). The number of nitrogens with zero attached hydrogens (tertiary/aromatic N) is 5. The van der Waals surface area contributed by atoms with Crippen molar-refractivity contribution < 1.29 is 4.79 Å². The number of carbonyl (C=O) groups is 1. The van der Waals surface area contributed by atoms with Gasteiger partial charge in [0, 0.05) is 26.3 Å². The van der Waals surface area contributed by atoms with E-state index in [9.17, 15) is 4.79 Å². The highest BCUT2D eigenvalue weighted by Gasteiger charge is 2.30. The number of amides is 1. The maximum Gasteiger partial charge on any atom is 0.227 e. The lowest BCUT2D eigenvalue weighted by Gasteiger charge is -2.25. The molecule has 0 unspecified atom stereocenters. The van der Waals surface area contributed by atoms with Crippen molar-refractivity contribution in [2.45, 2.75) is 18.9 Å². The number of hydrogen-bond acceptors (Lipinski definition) is 5. The summed E-state index contributed by atoms with van der Waals surface area (Å²) < 4.78 is 0. The number of benzene rings is 1. The highest BCUT2D eigenvalue weighted by molar-refractivity contribution is 5.87. The van der Waals surface area contributed by atoms with E-state index < -0.39 is 0 Å². The minimum Gasteiger partial charge on any atom is -0.354 e. The second-order valence-electron chi connectivity index (χ2n) is 6.82. The molecule has 1 amide bonds. The van der Waals surface area contributed by atoms with Crippen molar-refractivity contribution in [1.82, 2.24) is 19.9 Å². The van der Waals surface area contributed by atoms with Gasteiger partial charge >= 0.3 is 0 Å². The fraction of sp³-hybridized carbons (Fsp3) is 0.300. The standard InChI is InChI=1S/C20H20N6O/c1-25(18(27)10-14-2-4-15(11-21)5-3-14)16-7-9-26(12-16)20-17-6-8-22-19(17)23-13-24-20/h2-6,8,13,16H,7,9-10,12H2,1H3,(H,22,23,24)/t16-/m1/s1. The average Bonchev–Trinajstić information content (AvgIpc) is 3.37. The second kappa shape index (κ2) is 7.08. The number of fused-ring (bicyclic) bond motifs is 1. The van der Waals surface area contributed by atoms with Gasteiger partial charge in [0.1, 0.15) is 17.8 Å². The smallest absolute Gasteiger partial charge is 0.227 e. The van der Waals surface area contributed by atoms with Crippen LogP contribution in [0.4, 0.5) is 5.82 Å². The first-order valence-corrected chi connectivity index (χ1v) is 8.93. The Morgan fingerprint density at radius 1 is 1.33 bits per heavy atom. The van der Waals surface area contributed by atoms with Gasteiger partial charge in [0.15, 0.2) is 0 Å². The molecule has 1 N–H and O–H groups in total. The van der Waals surface area contributed by atoms with Crippen LogP contribution in [0.1, 0.15) is 17.5 Å². The summed E-state index contributed by atoms with van der Waals surface area (Å²) in [5.74, 6) is 0.998. The predicted molar refractivity (Wildman–Crippen MR) is 102 cm³/mol. The van der Waals surface area contributed by atoms with Crippen LogP contribution < -0.4 is 4.90 Å². The first kappa shape index (κ1) is 17.0. The van der Waals surface area contributed by atoms with Crippen LogP contribution in [0.2, 0.25) is 0 Å². The number of hydrogen-bond donors (Lipinski definition) is 1. The molecule has 3 aromatic rings. The van der Waals surface area contributed by atoms with E-state index in [2.05, 4.69) is 25.9 Å². The SMILES string of the molecule is CN(C(=O)Cc1ccc(C#N)cc1)[C@@H]1CCN(c2ncnc3[nH]ccc23)C1. The summed E-state index contributed by atoms with van der Waals surface area (Å²) in [5.41, 5.74) is 2.35. The number of nitrogens with one attached hydrogen (secondary N) is 1. The molecule has 7 nitrogen and oxygen atoms in total. The minimum absolute atomic E-state index is 0.0843. The zero-order valence-corrected chi connectivity index (χ0v) is 15.1. The van der Waals surface area contributed by atoms with Gasteiger partial charge in [-0.05, 0) is 30.2 Å². The summed E-state index contributed by atoms with van der Waals surface area (Å²) in [6.45, 7) is 1.61. The second-order valence-corrected chi connectivity index (χ2v) is 6.82. The molecule has 0 bridgehead atoms. The number of aromatic amines is 1. The first-order valence-electron chi connectivity index (χ1n) is 8.93. The van der Waals surface area contributed by atoms with E-state index in [-0.39, 0.29) is 11.9 Å². The third-order valence-electron chi connectivity index (χ3n) is 5.18. The van der Waals surface area contributed by atoms with E-state index in [4.69, 9.17) is 5.26 Å². The molecule has 1 saturated heterocycles. The number of rotatable bonds is 4. The number of anilines is 1. The lowest BCUT2D eigenvalue weighted by atomic mass is 10.1. The summed E-state index contributed by atoms with van der Waals surface area (Å²) in [5, 5.41) is 9.88. The van der Waals surface area contributed by atoms with Gasteiger partial charge in [-0.15, -0.1) is 0 Å². The van der Waals surface area contributed by atoms with Gasteiger partial charge in [0.25, 0.3) is 0 Å². The van der Waals surface area contributed by atoms with Crippen LogP contribution in [0.5, 0.6) is 0 Å². The Kier molecular flexibility index (Phi) is 4.47. The van der Waals surface area contributed by atoms with Crippen LogP contribution in [0.25, 0.3) is 11.0 Å². The summed E-state index contributed by atoms with van der Waals surface area (Å²) in [4.78, 5) is 28.5. The molecular formula is C20H20N6O. The van der Waals surface area contributed by atoms with Gasteiger partial charge < -0.3 is 14.8 Å². The fourth-order valence-corrected chi connectivity index (χ4v) is 3.56. The third-order valence-corrected chi connectivity index (χ3v) is 5.18. The van der Waals surface area contributed by atoms with Crippen LogP contribution in [0, 0.1) is 11.3 Å². The Bertz CT molecular complexity index is 1000. The van der Waals surface area contributed by atoms with Crippen LogP contribution >= 0.6 is 0 Å². The largest absolute Gasteiger partial charge is 0.354 e. The van der Waals surface area contributed by atoms with Crippen molar-refractivity contribution in [3.63, 3.8) is 0 Å².